The van der Waals surface area contributed by atoms with Crippen molar-refractivity contribution < 1.29 is 13.2 Å². The molecule has 0 aliphatic heterocycles. The van der Waals surface area contributed by atoms with Crippen LogP contribution in [0.25, 0.3) is 0 Å². The molecule has 0 amide bonds. The Morgan fingerprint density at radius 1 is 1.36 bits per heavy atom. The van der Waals surface area contributed by atoms with Crippen LogP contribution in [0.3, 0.4) is 0 Å². The van der Waals surface area contributed by atoms with E-state index >= 15 is 0 Å². The smallest absolute Gasteiger partial charge is 0.378 e. The second-order valence-electron chi connectivity index (χ2n) is 3.19. The highest BCUT2D eigenvalue weighted by atomic mass is 19.4. The van der Waals surface area contributed by atoms with Crippen LogP contribution in [0.1, 0.15) is 5.69 Å². The third-order valence-electron chi connectivity index (χ3n) is 1.70. The molecule has 1 heterocycles. The van der Waals surface area contributed by atoms with Crippen LogP contribution >= 0.6 is 0 Å². The Morgan fingerprint density at radius 2 is 2.00 bits per heavy atom. The largest absolute Gasteiger partial charge is 0.394 e. The lowest BCUT2D eigenvalue weighted by atomic mass is 10.2. The first kappa shape index (κ1) is 10.8. The molecule has 0 fully saturated rings. The highest BCUT2D eigenvalue weighted by Crippen LogP contribution is 2.21. The summed E-state index contributed by atoms with van der Waals surface area (Å²) in [4.78, 5) is 5.40. The Morgan fingerprint density at radius 3 is 2.50 bits per heavy atom. The topological polar surface area (TPSA) is 16.1 Å². The second kappa shape index (κ2) is 3.86. The van der Waals surface area contributed by atoms with Crippen molar-refractivity contribution in [1.82, 2.24) is 4.98 Å². The maximum Gasteiger partial charge on any atom is 0.394 e. The Labute approximate surface area is 80.4 Å². The molecule has 5 heteroatoms. The van der Waals surface area contributed by atoms with Gasteiger partial charge >= 0.3 is 6.18 Å². The molecule has 78 valence electrons. The van der Waals surface area contributed by atoms with Gasteiger partial charge in [0.05, 0.1) is 12.1 Å². The lowest BCUT2D eigenvalue weighted by Gasteiger charge is -2.13. The fourth-order valence-corrected chi connectivity index (χ4v) is 1.05. The van der Waals surface area contributed by atoms with Gasteiger partial charge in [0.2, 0.25) is 0 Å². The quantitative estimate of drug-likeness (QED) is 0.734. The summed E-state index contributed by atoms with van der Waals surface area (Å²) in [5.74, 6) is 0. The Kier molecular flexibility index (Phi) is 2.98. The van der Waals surface area contributed by atoms with E-state index in [2.05, 4.69) is 4.98 Å². The molecule has 1 rings (SSSR count). The standard InChI is InChI=1S/C9H11F3N2/c1-14(2)8-3-4-13-7(5-8)6-9(10,11)12/h3-5H,6H2,1-2H3. The number of pyridine rings is 1. The van der Waals surface area contributed by atoms with E-state index in [9.17, 15) is 13.2 Å². The summed E-state index contributed by atoms with van der Waals surface area (Å²) in [6.07, 6.45) is -3.79. The van der Waals surface area contributed by atoms with E-state index in [1.807, 2.05) is 0 Å². The molecule has 2 nitrogen and oxygen atoms in total. The molecule has 0 bridgehead atoms. The number of nitrogens with zero attached hydrogens (tertiary/aromatic N) is 2. The fraction of sp³-hybridized carbons (Fsp3) is 0.444. The summed E-state index contributed by atoms with van der Waals surface area (Å²) in [5.41, 5.74) is 0.767. The molecule has 0 atom stereocenters. The van der Waals surface area contributed by atoms with Crippen LogP contribution < -0.4 is 4.90 Å². The fourth-order valence-electron chi connectivity index (χ4n) is 1.05. The zero-order valence-electron chi connectivity index (χ0n) is 7.97. The van der Waals surface area contributed by atoms with Gasteiger partial charge in [0.25, 0.3) is 0 Å². The van der Waals surface area contributed by atoms with Crippen molar-refractivity contribution in [3.63, 3.8) is 0 Å². The monoisotopic (exact) mass is 204 g/mol. The molecular weight excluding hydrogens is 193 g/mol. The molecule has 0 saturated heterocycles. The molecule has 0 aliphatic rings. The Balaban J connectivity index is 2.84. The third kappa shape index (κ3) is 3.24. The minimum Gasteiger partial charge on any atom is -0.378 e. The summed E-state index contributed by atoms with van der Waals surface area (Å²) in [6, 6.07) is 3.10. The average molecular weight is 204 g/mol. The summed E-state index contributed by atoms with van der Waals surface area (Å²) >= 11 is 0. The molecule has 1 aromatic heterocycles. The molecule has 0 radical (unpaired) electrons. The van der Waals surface area contributed by atoms with E-state index in [1.54, 1.807) is 25.1 Å². The summed E-state index contributed by atoms with van der Waals surface area (Å²) < 4.78 is 36.1. The van der Waals surface area contributed by atoms with Crippen LogP contribution in [-0.2, 0) is 6.42 Å². The summed E-state index contributed by atoms with van der Waals surface area (Å²) in [7, 11) is 3.54. The van der Waals surface area contributed by atoms with E-state index in [1.165, 1.54) is 12.3 Å². The van der Waals surface area contributed by atoms with Crippen LogP contribution in [0.5, 0.6) is 0 Å². The van der Waals surface area contributed by atoms with Crippen molar-refractivity contribution in [2.45, 2.75) is 12.6 Å². The first-order valence-corrected chi connectivity index (χ1v) is 4.07. The molecule has 0 saturated carbocycles. The predicted molar refractivity (Wildman–Crippen MR) is 48.3 cm³/mol. The van der Waals surface area contributed by atoms with Gasteiger partial charge in [-0.05, 0) is 12.1 Å². The number of aromatic nitrogens is 1. The number of hydrogen-bond donors (Lipinski definition) is 0. The van der Waals surface area contributed by atoms with Crippen molar-refractivity contribution in [1.29, 1.82) is 0 Å². The second-order valence-corrected chi connectivity index (χ2v) is 3.19. The van der Waals surface area contributed by atoms with Crippen molar-refractivity contribution in [2.24, 2.45) is 0 Å². The maximum atomic E-state index is 12.0. The summed E-state index contributed by atoms with van der Waals surface area (Å²) in [5, 5.41) is 0. The minimum atomic E-state index is -4.20. The van der Waals surface area contributed by atoms with Crippen LogP contribution in [0.4, 0.5) is 18.9 Å². The Hall–Kier alpha value is -1.26. The van der Waals surface area contributed by atoms with Gasteiger partial charge in [-0.1, -0.05) is 0 Å². The van der Waals surface area contributed by atoms with Gasteiger partial charge in [0.1, 0.15) is 0 Å². The number of alkyl halides is 3. The molecular formula is C9H11F3N2. The van der Waals surface area contributed by atoms with Crippen LogP contribution in [0.15, 0.2) is 18.3 Å². The molecule has 0 aromatic carbocycles. The van der Waals surface area contributed by atoms with E-state index in [0.29, 0.717) is 0 Å². The SMILES string of the molecule is CN(C)c1ccnc(CC(F)(F)F)c1. The van der Waals surface area contributed by atoms with Crippen molar-refractivity contribution in [3.8, 4) is 0 Å². The highest BCUT2D eigenvalue weighted by molar-refractivity contribution is 5.44. The van der Waals surface area contributed by atoms with Gasteiger partial charge in [0.15, 0.2) is 0 Å². The zero-order chi connectivity index (χ0) is 10.8. The molecule has 14 heavy (non-hydrogen) atoms. The van der Waals surface area contributed by atoms with Gasteiger partial charge in [-0.25, -0.2) is 0 Å². The van der Waals surface area contributed by atoms with Crippen LogP contribution in [0.2, 0.25) is 0 Å². The maximum absolute atomic E-state index is 12.0. The van der Waals surface area contributed by atoms with Gasteiger partial charge in [0, 0.05) is 26.0 Å². The molecule has 1 aromatic rings. The predicted octanol–water partition coefficient (Wildman–Crippen LogP) is 2.25. The van der Waals surface area contributed by atoms with Gasteiger partial charge in [-0.15, -0.1) is 0 Å². The number of halogens is 3. The number of hydrogen-bond acceptors (Lipinski definition) is 2. The third-order valence-corrected chi connectivity index (χ3v) is 1.70. The molecule has 0 unspecified atom stereocenters. The normalized spacial score (nSPS) is 11.5. The van der Waals surface area contributed by atoms with E-state index in [-0.39, 0.29) is 5.69 Å². The zero-order valence-corrected chi connectivity index (χ0v) is 7.97. The van der Waals surface area contributed by atoms with Gasteiger partial charge in [-0.3, -0.25) is 4.98 Å². The Bertz CT molecular complexity index is 307. The van der Waals surface area contributed by atoms with Crippen molar-refractivity contribution in [2.75, 3.05) is 19.0 Å². The minimum absolute atomic E-state index is 0.0451. The lowest BCUT2D eigenvalue weighted by Crippen LogP contribution is -2.14. The number of anilines is 1. The molecule has 0 spiro atoms. The van der Waals surface area contributed by atoms with Crippen LogP contribution in [-0.4, -0.2) is 25.3 Å². The van der Waals surface area contributed by atoms with Gasteiger partial charge in [-0.2, -0.15) is 13.2 Å². The van der Waals surface area contributed by atoms with E-state index in [0.717, 1.165) is 5.69 Å². The number of rotatable bonds is 2. The molecule has 0 aliphatic carbocycles. The van der Waals surface area contributed by atoms with E-state index in [4.69, 9.17) is 0 Å². The van der Waals surface area contributed by atoms with Crippen molar-refractivity contribution >= 4 is 5.69 Å². The molecule has 0 N–H and O–H groups in total. The average Bonchev–Trinajstić information content (AvgIpc) is 2.01. The highest BCUT2D eigenvalue weighted by Gasteiger charge is 2.28. The van der Waals surface area contributed by atoms with Crippen molar-refractivity contribution in [3.05, 3.63) is 24.0 Å². The van der Waals surface area contributed by atoms with Crippen LogP contribution in [0, 0.1) is 0 Å². The van der Waals surface area contributed by atoms with E-state index < -0.39 is 12.6 Å². The lowest BCUT2D eigenvalue weighted by molar-refractivity contribution is -0.127. The van der Waals surface area contributed by atoms with Gasteiger partial charge < -0.3 is 4.90 Å². The first-order chi connectivity index (χ1) is 6.38. The summed E-state index contributed by atoms with van der Waals surface area (Å²) in [6.45, 7) is 0. The first-order valence-electron chi connectivity index (χ1n) is 4.07.